The van der Waals surface area contributed by atoms with Crippen molar-refractivity contribution in [1.29, 1.82) is 0 Å². The van der Waals surface area contributed by atoms with Crippen LogP contribution < -0.4 is 10.6 Å². The van der Waals surface area contributed by atoms with Gasteiger partial charge in [-0.1, -0.05) is 20.8 Å². The van der Waals surface area contributed by atoms with E-state index >= 15 is 0 Å². The highest BCUT2D eigenvalue weighted by molar-refractivity contribution is 5.78. The number of hydrogen-bond acceptors (Lipinski definition) is 5. The largest absolute Gasteiger partial charge is 0.392 e. The molecule has 3 rings (SSSR count). The summed E-state index contributed by atoms with van der Waals surface area (Å²) in [6.07, 6.45) is 3.36. The Morgan fingerprint density at radius 3 is 2.57 bits per heavy atom. The van der Waals surface area contributed by atoms with E-state index in [1.807, 2.05) is 6.92 Å². The van der Waals surface area contributed by atoms with Crippen LogP contribution in [0.1, 0.15) is 53.4 Å². The Morgan fingerprint density at radius 2 is 1.90 bits per heavy atom. The van der Waals surface area contributed by atoms with Crippen LogP contribution in [0.15, 0.2) is 0 Å². The zero-order valence-corrected chi connectivity index (χ0v) is 19.2. The number of nitrogens with zero attached hydrogens (tertiary/aromatic N) is 1. The summed E-state index contributed by atoms with van der Waals surface area (Å²) < 4.78 is 5.37. The quantitative estimate of drug-likeness (QED) is 0.601. The van der Waals surface area contributed by atoms with Crippen LogP contribution in [0.2, 0.25) is 0 Å². The minimum absolute atomic E-state index is 0.00897. The van der Waals surface area contributed by atoms with Crippen molar-refractivity contribution in [2.75, 3.05) is 39.4 Å². The van der Waals surface area contributed by atoms with Gasteiger partial charge in [-0.2, -0.15) is 0 Å². The highest BCUT2D eigenvalue weighted by Crippen LogP contribution is 2.55. The molecule has 30 heavy (non-hydrogen) atoms. The second-order valence-electron chi connectivity index (χ2n) is 10.1. The van der Waals surface area contributed by atoms with Crippen LogP contribution in [0.25, 0.3) is 0 Å². The third-order valence-electron chi connectivity index (χ3n) is 8.16. The van der Waals surface area contributed by atoms with Crippen LogP contribution in [0.5, 0.6) is 0 Å². The Morgan fingerprint density at radius 1 is 1.23 bits per heavy atom. The Hall–Kier alpha value is -1.18. The van der Waals surface area contributed by atoms with E-state index in [-0.39, 0.29) is 46.9 Å². The fraction of sp³-hybridized carbons (Fsp3) is 0.913. The molecule has 3 fully saturated rings. The molecule has 0 spiro atoms. The van der Waals surface area contributed by atoms with Gasteiger partial charge in [0.2, 0.25) is 11.8 Å². The molecule has 7 heteroatoms. The van der Waals surface area contributed by atoms with Crippen LogP contribution in [0.3, 0.4) is 0 Å². The summed E-state index contributed by atoms with van der Waals surface area (Å²) in [4.78, 5) is 26.8. The molecule has 0 unspecified atom stereocenters. The summed E-state index contributed by atoms with van der Waals surface area (Å²) in [6, 6.07) is 0.103. The van der Waals surface area contributed by atoms with Gasteiger partial charge in [0.15, 0.2) is 0 Å². The van der Waals surface area contributed by atoms with Gasteiger partial charge in [0, 0.05) is 45.1 Å². The summed E-state index contributed by atoms with van der Waals surface area (Å²) in [6.45, 7) is 12.8. The monoisotopic (exact) mass is 423 g/mol. The van der Waals surface area contributed by atoms with Crippen molar-refractivity contribution in [2.24, 2.45) is 29.1 Å². The van der Waals surface area contributed by atoms with E-state index in [9.17, 15) is 14.7 Å². The Labute approximate surface area is 181 Å². The van der Waals surface area contributed by atoms with Crippen LogP contribution in [-0.2, 0) is 14.3 Å². The van der Waals surface area contributed by atoms with Gasteiger partial charge in [0.25, 0.3) is 0 Å². The molecule has 0 bridgehead atoms. The molecule has 3 N–H and O–H groups in total. The standard InChI is InChI=1S/C23H41N3O4/c1-15(22(29)24-9-10-26-11-13-30-14-12-26)18-5-7-23(4)8-6-19(25-17(3)27)16(2)20(23)21(18)28/h15-16,18-21,28H,5-14H2,1-4H3,(H,24,29)(H,25,27)/t15-,16+,18-,19-,20+,21-,23-/m0/s1. The predicted molar refractivity (Wildman–Crippen MR) is 116 cm³/mol. The highest BCUT2D eigenvalue weighted by Gasteiger charge is 2.53. The predicted octanol–water partition coefficient (Wildman–Crippen LogP) is 1.40. The van der Waals surface area contributed by atoms with Gasteiger partial charge >= 0.3 is 0 Å². The second kappa shape index (κ2) is 9.96. The molecular formula is C23H41N3O4. The molecule has 172 valence electrons. The summed E-state index contributed by atoms with van der Waals surface area (Å²) in [7, 11) is 0. The van der Waals surface area contributed by atoms with Gasteiger partial charge in [-0.25, -0.2) is 0 Å². The number of hydrogen-bond donors (Lipinski definition) is 3. The van der Waals surface area contributed by atoms with E-state index < -0.39 is 6.10 Å². The Bertz CT molecular complexity index is 609. The number of morpholine rings is 1. The van der Waals surface area contributed by atoms with Crippen molar-refractivity contribution in [3.05, 3.63) is 0 Å². The number of ether oxygens (including phenoxy) is 1. The number of carbonyl (C=O) groups is 2. The second-order valence-corrected chi connectivity index (χ2v) is 10.1. The fourth-order valence-corrected chi connectivity index (χ4v) is 6.28. The maximum Gasteiger partial charge on any atom is 0.223 e. The number of carbonyl (C=O) groups excluding carboxylic acids is 2. The van der Waals surface area contributed by atoms with Crippen LogP contribution >= 0.6 is 0 Å². The molecule has 0 aromatic carbocycles. The van der Waals surface area contributed by atoms with E-state index in [0.29, 0.717) is 6.54 Å². The molecule has 0 radical (unpaired) electrons. The third-order valence-corrected chi connectivity index (χ3v) is 8.16. The van der Waals surface area contributed by atoms with Crippen molar-refractivity contribution in [2.45, 2.75) is 65.5 Å². The summed E-state index contributed by atoms with van der Waals surface area (Å²) in [5, 5.41) is 17.6. The number of nitrogens with one attached hydrogen (secondary N) is 2. The highest BCUT2D eigenvalue weighted by atomic mass is 16.5. The van der Waals surface area contributed by atoms with Crippen LogP contribution in [0.4, 0.5) is 0 Å². The lowest BCUT2D eigenvalue weighted by Gasteiger charge is -2.56. The van der Waals surface area contributed by atoms with Gasteiger partial charge in [0.05, 0.1) is 19.3 Å². The van der Waals surface area contributed by atoms with Crippen LogP contribution in [0, 0.1) is 29.1 Å². The molecule has 2 saturated carbocycles. The molecule has 1 heterocycles. The minimum atomic E-state index is -0.518. The maximum atomic E-state index is 12.8. The van der Waals surface area contributed by atoms with Gasteiger partial charge in [-0.05, 0) is 48.9 Å². The zero-order chi connectivity index (χ0) is 21.9. The molecule has 1 aliphatic heterocycles. The third kappa shape index (κ3) is 5.17. The molecule has 7 atom stereocenters. The van der Waals surface area contributed by atoms with E-state index in [4.69, 9.17) is 4.74 Å². The van der Waals surface area contributed by atoms with Crippen molar-refractivity contribution in [3.63, 3.8) is 0 Å². The molecular weight excluding hydrogens is 382 g/mol. The molecule has 2 aliphatic carbocycles. The molecule has 2 amide bonds. The number of fused-ring (bicyclic) bond motifs is 1. The van der Waals surface area contributed by atoms with Gasteiger partial charge < -0.3 is 20.5 Å². The molecule has 1 saturated heterocycles. The van der Waals surface area contributed by atoms with Crippen molar-refractivity contribution < 1.29 is 19.4 Å². The number of rotatable bonds is 6. The van der Waals surface area contributed by atoms with Gasteiger partial charge in [-0.3, -0.25) is 14.5 Å². The first-order chi connectivity index (χ1) is 14.2. The summed E-state index contributed by atoms with van der Waals surface area (Å²) in [5.74, 6) is 0.0724. The smallest absolute Gasteiger partial charge is 0.223 e. The van der Waals surface area contributed by atoms with Crippen molar-refractivity contribution in [3.8, 4) is 0 Å². The average molecular weight is 424 g/mol. The lowest BCUT2D eigenvalue weighted by atomic mass is 9.51. The zero-order valence-electron chi connectivity index (χ0n) is 19.2. The Balaban J connectivity index is 1.57. The number of amides is 2. The molecule has 0 aromatic rings. The first-order valence-electron chi connectivity index (χ1n) is 11.8. The van der Waals surface area contributed by atoms with E-state index in [0.717, 1.165) is 58.5 Å². The molecule has 3 aliphatic rings. The minimum Gasteiger partial charge on any atom is -0.392 e. The first kappa shape index (κ1) is 23.5. The molecule has 0 aromatic heterocycles. The Kier molecular flexibility index (Phi) is 7.80. The lowest BCUT2D eigenvalue weighted by Crippen LogP contribution is -2.58. The summed E-state index contributed by atoms with van der Waals surface area (Å²) in [5.41, 5.74) is 0.0802. The number of aliphatic hydroxyl groups is 1. The molecule has 7 nitrogen and oxygen atoms in total. The van der Waals surface area contributed by atoms with Crippen LogP contribution in [-0.4, -0.2) is 73.4 Å². The van der Waals surface area contributed by atoms with Crippen molar-refractivity contribution in [1.82, 2.24) is 15.5 Å². The van der Waals surface area contributed by atoms with E-state index in [1.165, 1.54) is 0 Å². The number of aliphatic hydroxyl groups excluding tert-OH is 1. The van der Waals surface area contributed by atoms with E-state index in [2.05, 4.69) is 29.4 Å². The first-order valence-corrected chi connectivity index (χ1v) is 11.8. The average Bonchev–Trinajstić information content (AvgIpc) is 2.70. The summed E-state index contributed by atoms with van der Waals surface area (Å²) >= 11 is 0. The fourth-order valence-electron chi connectivity index (χ4n) is 6.28. The topological polar surface area (TPSA) is 90.9 Å². The SMILES string of the molecule is CC(=O)N[C@H]1CC[C@]2(C)CC[C@@H]([C@H](C)C(=O)NCCN3CCOCC3)[C@H](O)[C@H]2[C@@H]1C. The maximum absolute atomic E-state index is 12.8. The normalized spacial score (nSPS) is 38.4. The van der Waals surface area contributed by atoms with Gasteiger partial charge in [0.1, 0.15) is 0 Å². The van der Waals surface area contributed by atoms with E-state index in [1.54, 1.807) is 6.92 Å². The van der Waals surface area contributed by atoms with Gasteiger partial charge in [-0.15, -0.1) is 0 Å². The van der Waals surface area contributed by atoms with Crippen molar-refractivity contribution >= 4 is 11.8 Å². The lowest BCUT2D eigenvalue weighted by molar-refractivity contribution is -0.143.